The van der Waals surface area contributed by atoms with Crippen molar-refractivity contribution in [2.24, 2.45) is 7.05 Å². The second-order valence-electron chi connectivity index (χ2n) is 7.17. The van der Waals surface area contributed by atoms with Gasteiger partial charge in [-0.25, -0.2) is 9.55 Å². The van der Waals surface area contributed by atoms with Gasteiger partial charge >= 0.3 is 11.3 Å². The van der Waals surface area contributed by atoms with Crippen molar-refractivity contribution in [3.63, 3.8) is 0 Å². The van der Waals surface area contributed by atoms with Crippen molar-refractivity contribution < 1.29 is 27.3 Å². The van der Waals surface area contributed by atoms with Gasteiger partial charge in [0.05, 0.1) is 43.0 Å². The number of benzene rings is 2. The average molecular weight is 451 g/mol. The quantitative estimate of drug-likeness (QED) is 0.460. The third-order valence-corrected chi connectivity index (χ3v) is 6.16. The van der Waals surface area contributed by atoms with E-state index in [4.69, 9.17) is 4.74 Å². The van der Waals surface area contributed by atoms with E-state index in [0.29, 0.717) is 37.7 Å². The number of carbonyl (C=O) groups excluding carboxylic acids is 1. The summed E-state index contributed by atoms with van der Waals surface area (Å²) in [6, 6.07) is 11.2. The number of nitrogens with one attached hydrogen (secondary N) is 2. The number of para-hydroxylation sites is 2. The first kappa shape index (κ1) is 21.5. The van der Waals surface area contributed by atoms with Crippen LogP contribution in [-0.4, -0.2) is 42.9 Å². The molecule has 1 amide bonds. The minimum absolute atomic E-state index is 0.115. The maximum absolute atomic E-state index is 13.2. The van der Waals surface area contributed by atoms with E-state index in [1.807, 2.05) is 35.9 Å². The number of H-pyrrole nitrogens is 1. The van der Waals surface area contributed by atoms with Gasteiger partial charge in [-0.3, -0.25) is 4.79 Å². The summed E-state index contributed by atoms with van der Waals surface area (Å²) in [5.74, 6) is -0.178. The predicted molar refractivity (Wildman–Crippen MR) is 113 cm³/mol. The van der Waals surface area contributed by atoms with Crippen LogP contribution in [0.3, 0.4) is 0 Å². The number of alkyl halides is 3. The van der Waals surface area contributed by atoms with Crippen molar-refractivity contribution in [2.45, 2.75) is 11.3 Å². The Morgan fingerprint density at radius 3 is 2.68 bits per heavy atom. The summed E-state index contributed by atoms with van der Waals surface area (Å²) < 4.78 is 46.9. The van der Waals surface area contributed by atoms with Crippen LogP contribution in [0.1, 0.15) is 5.56 Å². The molecule has 31 heavy (non-hydrogen) atoms. The molecule has 2 N–H and O–H groups in total. The molecule has 0 bridgehead atoms. The zero-order valence-electron chi connectivity index (χ0n) is 16.8. The van der Waals surface area contributed by atoms with Gasteiger partial charge in [0.1, 0.15) is 0 Å². The minimum Gasteiger partial charge on any atom is -0.378 e. The summed E-state index contributed by atoms with van der Waals surface area (Å²) in [5, 5.41) is 3.59. The number of fused-ring (bicyclic) bond motifs is 1. The molecule has 164 valence electrons. The maximum Gasteiger partial charge on any atom is 0.416 e. The number of thioether (sulfide) groups is 1. The molecule has 6 nitrogen and oxygen atoms in total. The largest absolute Gasteiger partial charge is 0.416 e. The van der Waals surface area contributed by atoms with Gasteiger partial charge in [-0.15, -0.1) is 0 Å². The number of carbonyl (C=O) groups is 1. The Morgan fingerprint density at radius 1 is 1.23 bits per heavy atom. The fraction of sp³-hybridized carbons (Fsp3) is 0.333. The first-order valence-electron chi connectivity index (χ1n) is 9.76. The Balaban J connectivity index is 1.50. The van der Waals surface area contributed by atoms with Gasteiger partial charge in [0.25, 0.3) is 0 Å². The molecule has 1 aromatic heterocycles. The number of rotatable bonds is 5. The van der Waals surface area contributed by atoms with Gasteiger partial charge in [0.15, 0.2) is 11.0 Å². The first-order chi connectivity index (χ1) is 14.8. The number of anilines is 2. The van der Waals surface area contributed by atoms with Gasteiger partial charge < -0.3 is 15.0 Å². The van der Waals surface area contributed by atoms with Crippen molar-refractivity contribution in [3.05, 3.63) is 48.0 Å². The number of ether oxygens (including phenoxy) is 1. The zero-order chi connectivity index (χ0) is 22.0. The van der Waals surface area contributed by atoms with Crippen LogP contribution in [0.25, 0.3) is 11.0 Å². The van der Waals surface area contributed by atoms with Crippen LogP contribution in [-0.2, 0) is 22.8 Å². The Morgan fingerprint density at radius 2 is 1.97 bits per heavy atom. The van der Waals surface area contributed by atoms with Gasteiger partial charge in [-0.2, -0.15) is 13.2 Å². The summed E-state index contributed by atoms with van der Waals surface area (Å²) in [5.41, 5.74) is 1.95. The summed E-state index contributed by atoms with van der Waals surface area (Å²) in [6.45, 7) is 1.78. The Hall–Kier alpha value is -2.72. The maximum atomic E-state index is 13.2. The lowest BCUT2D eigenvalue weighted by atomic mass is 10.1. The highest BCUT2D eigenvalue weighted by atomic mass is 32.2. The van der Waals surface area contributed by atoms with Crippen LogP contribution < -0.4 is 14.8 Å². The number of amides is 1. The Kier molecular flexibility index (Phi) is 6.10. The number of halogens is 3. The van der Waals surface area contributed by atoms with Crippen LogP contribution in [0.4, 0.5) is 24.5 Å². The molecule has 10 heteroatoms. The lowest BCUT2D eigenvalue weighted by Crippen LogP contribution is -2.37. The highest BCUT2D eigenvalue weighted by Crippen LogP contribution is 2.36. The molecule has 1 aliphatic rings. The molecular formula is C21H22F3N4O2S+. The van der Waals surface area contributed by atoms with E-state index in [1.54, 1.807) is 4.90 Å². The fourth-order valence-electron chi connectivity index (χ4n) is 3.51. The van der Waals surface area contributed by atoms with E-state index in [9.17, 15) is 18.0 Å². The van der Waals surface area contributed by atoms with Crippen molar-refractivity contribution in [1.29, 1.82) is 0 Å². The predicted octanol–water partition coefficient (Wildman–Crippen LogP) is 3.58. The highest BCUT2D eigenvalue weighted by molar-refractivity contribution is 7.99. The molecule has 0 saturated carbocycles. The molecule has 0 atom stereocenters. The van der Waals surface area contributed by atoms with Gasteiger partial charge in [-0.1, -0.05) is 12.1 Å². The van der Waals surface area contributed by atoms with Gasteiger partial charge in [0.2, 0.25) is 5.91 Å². The van der Waals surface area contributed by atoms with Crippen molar-refractivity contribution in [1.82, 2.24) is 4.98 Å². The molecule has 2 heterocycles. The molecule has 1 saturated heterocycles. The van der Waals surface area contributed by atoms with E-state index in [0.717, 1.165) is 28.3 Å². The summed E-state index contributed by atoms with van der Waals surface area (Å²) in [6.07, 6.45) is -4.45. The zero-order valence-corrected chi connectivity index (χ0v) is 17.6. The third-order valence-electron chi connectivity index (χ3n) is 5.10. The second-order valence-corrected chi connectivity index (χ2v) is 8.14. The van der Waals surface area contributed by atoms with Crippen molar-refractivity contribution in [2.75, 3.05) is 42.3 Å². The fourth-order valence-corrected chi connectivity index (χ4v) is 4.33. The molecule has 1 fully saturated rings. The number of imidazole rings is 1. The lowest BCUT2D eigenvalue weighted by molar-refractivity contribution is -0.683. The number of aromatic nitrogens is 2. The highest BCUT2D eigenvalue weighted by Gasteiger charge is 2.32. The lowest BCUT2D eigenvalue weighted by Gasteiger charge is -2.31. The van der Waals surface area contributed by atoms with E-state index < -0.39 is 11.7 Å². The SMILES string of the molecule is C[n+]1c(SCC(=O)Nc2ccc(C(F)(F)F)cc2N2CCOCC2)[nH]c2ccccc21. The van der Waals surface area contributed by atoms with Crippen LogP contribution >= 0.6 is 11.8 Å². The Bertz CT molecular complexity index is 1090. The van der Waals surface area contributed by atoms with E-state index in [1.165, 1.54) is 17.8 Å². The van der Waals surface area contributed by atoms with Gasteiger partial charge in [-0.05, 0) is 42.1 Å². The smallest absolute Gasteiger partial charge is 0.378 e. The average Bonchev–Trinajstić information content (AvgIpc) is 3.08. The number of hydrogen-bond donors (Lipinski definition) is 2. The van der Waals surface area contributed by atoms with E-state index in [2.05, 4.69) is 10.3 Å². The molecule has 3 aromatic rings. The number of hydrogen-bond acceptors (Lipinski definition) is 4. The van der Waals surface area contributed by atoms with E-state index >= 15 is 0 Å². The number of aryl methyl sites for hydroxylation is 1. The summed E-state index contributed by atoms with van der Waals surface area (Å²) in [4.78, 5) is 17.7. The second kappa shape index (κ2) is 8.80. The molecule has 4 rings (SSSR count). The van der Waals surface area contributed by atoms with Crippen LogP contribution in [0, 0.1) is 0 Å². The number of morpholine rings is 1. The minimum atomic E-state index is -4.45. The van der Waals surface area contributed by atoms with E-state index in [-0.39, 0.29) is 11.7 Å². The molecule has 0 unspecified atom stereocenters. The number of nitrogens with zero attached hydrogens (tertiary/aromatic N) is 2. The van der Waals surface area contributed by atoms with Crippen LogP contribution in [0.2, 0.25) is 0 Å². The summed E-state index contributed by atoms with van der Waals surface area (Å²) >= 11 is 1.33. The molecule has 0 aliphatic carbocycles. The van der Waals surface area contributed by atoms with Gasteiger partial charge in [0, 0.05) is 13.1 Å². The molecule has 0 spiro atoms. The molecule has 1 aliphatic heterocycles. The standard InChI is InChI=1S/C21H21F3N4O2S/c1-27-17-5-3-2-4-15(17)26-20(27)31-13-19(29)25-16-7-6-14(21(22,23)24)12-18(16)28-8-10-30-11-9-28/h2-7,12H,8-11,13H2,1H3,(H,25,29)/p+1. The Labute approximate surface area is 181 Å². The van der Waals surface area contributed by atoms with Crippen molar-refractivity contribution in [3.8, 4) is 0 Å². The molecular weight excluding hydrogens is 429 g/mol. The number of aromatic amines is 1. The first-order valence-corrected chi connectivity index (χ1v) is 10.7. The molecule has 2 aromatic carbocycles. The molecule has 0 radical (unpaired) electrons. The third kappa shape index (κ3) is 4.80. The van der Waals surface area contributed by atoms with Crippen molar-refractivity contribution >= 4 is 40.1 Å². The van der Waals surface area contributed by atoms with Crippen LogP contribution in [0.5, 0.6) is 0 Å². The summed E-state index contributed by atoms with van der Waals surface area (Å²) in [7, 11) is 1.91. The normalized spacial score (nSPS) is 14.8. The van der Waals surface area contributed by atoms with Crippen LogP contribution in [0.15, 0.2) is 47.6 Å². The topological polar surface area (TPSA) is 61.2 Å². The monoisotopic (exact) mass is 451 g/mol.